The lowest BCUT2D eigenvalue weighted by Gasteiger charge is -2.25. The van der Waals surface area contributed by atoms with E-state index in [1.807, 2.05) is 27.7 Å². The largest absolute Gasteiger partial charge is 0.310 e. The molecule has 1 aromatic heterocycles. The molecule has 114 valence electrons. The van der Waals surface area contributed by atoms with Crippen molar-refractivity contribution in [3.05, 3.63) is 11.8 Å². The van der Waals surface area contributed by atoms with Crippen molar-refractivity contribution < 1.29 is 8.42 Å². The van der Waals surface area contributed by atoms with Crippen LogP contribution < -0.4 is 10.0 Å². The monoisotopic (exact) mass is 300 g/mol. The molecule has 1 aliphatic rings. The van der Waals surface area contributed by atoms with Crippen LogP contribution >= 0.6 is 0 Å². The molecule has 0 amide bonds. The highest BCUT2D eigenvalue weighted by Gasteiger charge is 2.41. The van der Waals surface area contributed by atoms with Crippen molar-refractivity contribution in [3.63, 3.8) is 0 Å². The second-order valence-electron chi connectivity index (χ2n) is 6.36. The first-order valence-electron chi connectivity index (χ1n) is 7.02. The summed E-state index contributed by atoms with van der Waals surface area (Å²) in [6, 6.07) is 0.288. The van der Waals surface area contributed by atoms with Crippen LogP contribution in [0.15, 0.2) is 11.2 Å². The van der Waals surface area contributed by atoms with Gasteiger partial charge in [0.05, 0.1) is 6.20 Å². The molecule has 0 aromatic carbocycles. The predicted molar refractivity (Wildman–Crippen MR) is 77.7 cm³/mol. The second-order valence-corrected chi connectivity index (χ2v) is 7.98. The first-order valence-corrected chi connectivity index (χ1v) is 8.50. The molecule has 20 heavy (non-hydrogen) atoms. The number of sulfonamides is 1. The fourth-order valence-electron chi connectivity index (χ4n) is 2.26. The lowest BCUT2D eigenvalue weighted by atomic mass is 10.0. The van der Waals surface area contributed by atoms with Crippen LogP contribution in [-0.4, -0.2) is 30.2 Å². The molecular weight excluding hydrogens is 276 g/mol. The van der Waals surface area contributed by atoms with E-state index in [9.17, 15) is 8.42 Å². The maximum atomic E-state index is 12.5. The quantitative estimate of drug-likeness (QED) is 0.710. The summed E-state index contributed by atoms with van der Waals surface area (Å²) in [5.74, 6) is 0.428. The molecule has 1 fully saturated rings. The van der Waals surface area contributed by atoms with E-state index in [0.29, 0.717) is 18.0 Å². The van der Waals surface area contributed by atoms with Gasteiger partial charge in [0.15, 0.2) is 5.03 Å². The summed E-state index contributed by atoms with van der Waals surface area (Å²) in [5, 5.41) is 9.86. The lowest BCUT2D eigenvalue weighted by Crippen LogP contribution is -2.45. The van der Waals surface area contributed by atoms with E-state index in [1.54, 1.807) is 6.20 Å². The highest BCUT2D eigenvalue weighted by Crippen LogP contribution is 2.39. The summed E-state index contributed by atoms with van der Waals surface area (Å²) in [4.78, 5) is 0. The summed E-state index contributed by atoms with van der Waals surface area (Å²) < 4.78 is 27.8. The molecule has 1 heterocycles. The molecule has 2 rings (SSSR count). The molecule has 0 atom stereocenters. The number of aromatic nitrogens is 2. The Kier molecular flexibility index (Phi) is 4.22. The van der Waals surface area contributed by atoms with Crippen LogP contribution in [0, 0.1) is 5.92 Å². The molecule has 1 aromatic rings. The Labute approximate surface area is 120 Å². The third-order valence-electron chi connectivity index (χ3n) is 3.64. The molecule has 3 N–H and O–H groups in total. The zero-order chi connectivity index (χ0) is 15.0. The highest BCUT2D eigenvalue weighted by atomic mass is 32.2. The fourth-order valence-corrected chi connectivity index (χ4v) is 3.86. The van der Waals surface area contributed by atoms with Gasteiger partial charge in [-0.25, -0.2) is 13.1 Å². The molecule has 6 nitrogen and oxygen atoms in total. The Morgan fingerprint density at radius 3 is 2.65 bits per heavy atom. The summed E-state index contributed by atoms with van der Waals surface area (Å²) in [7, 11) is -3.57. The van der Waals surface area contributed by atoms with Crippen LogP contribution in [0.3, 0.4) is 0 Å². The minimum absolute atomic E-state index is 0.166. The third-order valence-corrected chi connectivity index (χ3v) is 5.33. The Balaban J connectivity index is 2.15. The van der Waals surface area contributed by atoms with Gasteiger partial charge in [-0.15, -0.1) is 0 Å². The molecule has 1 saturated carbocycles. The summed E-state index contributed by atoms with van der Waals surface area (Å²) in [6.45, 7) is 8.38. The molecular formula is C13H24N4O2S. The smallest absolute Gasteiger partial charge is 0.258 e. The first kappa shape index (κ1) is 15.5. The van der Waals surface area contributed by atoms with Crippen LogP contribution in [0.1, 0.15) is 46.1 Å². The number of nitrogens with zero attached hydrogens (tertiary/aromatic N) is 1. The number of nitrogens with one attached hydrogen (secondary N) is 3. The van der Waals surface area contributed by atoms with E-state index in [-0.39, 0.29) is 11.1 Å². The Bertz CT molecular complexity index is 559. The standard InChI is InChI=1S/C13H24N4O2S/c1-9(2)14-7-10-8-15-16-12(10)20(18,19)17-13(3,4)11-5-6-11/h8-9,11,14,17H,5-7H2,1-4H3,(H,15,16). The van der Waals surface area contributed by atoms with E-state index in [0.717, 1.165) is 12.8 Å². The molecule has 0 bridgehead atoms. The number of hydrogen-bond acceptors (Lipinski definition) is 4. The van der Waals surface area contributed by atoms with E-state index >= 15 is 0 Å². The second kappa shape index (κ2) is 5.46. The summed E-state index contributed by atoms with van der Waals surface area (Å²) in [6.07, 6.45) is 3.73. The van der Waals surface area contributed by atoms with Gasteiger partial charge >= 0.3 is 0 Å². The molecule has 0 saturated heterocycles. The number of hydrogen-bond donors (Lipinski definition) is 3. The number of rotatable bonds is 7. The summed E-state index contributed by atoms with van der Waals surface area (Å²) in [5.41, 5.74) is 0.255. The maximum Gasteiger partial charge on any atom is 0.258 e. The van der Waals surface area contributed by atoms with Gasteiger partial charge in [0.2, 0.25) is 0 Å². The Morgan fingerprint density at radius 1 is 1.45 bits per heavy atom. The summed E-state index contributed by atoms with van der Waals surface area (Å²) >= 11 is 0. The van der Waals surface area contributed by atoms with Gasteiger partial charge in [0.1, 0.15) is 0 Å². The molecule has 0 aliphatic heterocycles. The van der Waals surface area contributed by atoms with Gasteiger partial charge in [0, 0.05) is 23.7 Å². The van der Waals surface area contributed by atoms with Gasteiger partial charge in [-0.2, -0.15) is 5.10 Å². The van der Waals surface area contributed by atoms with E-state index in [4.69, 9.17) is 0 Å². The molecule has 7 heteroatoms. The van der Waals surface area contributed by atoms with E-state index in [2.05, 4.69) is 20.2 Å². The van der Waals surface area contributed by atoms with Crippen molar-refractivity contribution in [2.75, 3.05) is 0 Å². The zero-order valence-electron chi connectivity index (χ0n) is 12.5. The van der Waals surface area contributed by atoms with E-state index < -0.39 is 15.6 Å². The Morgan fingerprint density at radius 2 is 2.10 bits per heavy atom. The minimum atomic E-state index is -3.57. The van der Waals surface area contributed by atoms with Crippen molar-refractivity contribution in [1.29, 1.82) is 0 Å². The van der Waals surface area contributed by atoms with Crippen LogP contribution in [0.25, 0.3) is 0 Å². The number of H-pyrrole nitrogens is 1. The Hall–Kier alpha value is -0.920. The SMILES string of the molecule is CC(C)NCc1cn[nH]c1S(=O)(=O)NC(C)(C)C1CC1. The van der Waals surface area contributed by atoms with E-state index in [1.165, 1.54) is 0 Å². The van der Waals surface area contributed by atoms with Crippen LogP contribution in [-0.2, 0) is 16.6 Å². The maximum absolute atomic E-state index is 12.5. The van der Waals surface area contributed by atoms with Gasteiger partial charge in [0.25, 0.3) is 10.0 Å². The van der Waals surface area contributed by atoms with Crippen LogP contribution in [0.5, 0.6) is 0 Å². The molecule has 0 spiro atoms. The highest BCUT2D eigenvalue weighted by molar-refractivity contribution is 7.89. The third kappa shape index (κ3) is 3.59. The fraction of sp³-hybridized carbons (Fsp3) is 0.769. The average molecular weight is 300 g/mol. The predicted octanol–water partition coefficient (Wildman–Crippen LogP) is 1.37. The van der Waals surface area contributed by atoms with Crippen LogP contribution in [0.4, 0.5) is 0 Å². The van der Waals surface area contributed by atoms with Crippen molar-refractivity contribution in [2.45, 2.75) is 63.7 Å². The normalized spacial score (nSPS) is 16.9. The molecule has 0 radical (unpaired) electrons. The minimum Gasteiger partial charge on any atom is -0.310 e. The van der Waals surface area contributed by atoms with Crippen molar-refractivity contribution in [1.82, 2.24) is 20.2 Å². The first-order chi connectivity index (χ1) is 9.22. The number of aromatic amines is 1. The van der Waals surface area contributed by atoms with Crippen LogP contribution in [0.2, 0.25) is 0 Å². The topological polar surface area (TPSA) is 86.9 Å². The zero-order valence-corrected chi connectivity index (χ0v) is 13.3. The van der Waals surface area contributed by atoms with Gasteiger partial charge < -0.3 is 5.32 Å². The molecule has 1 aliphatic carbocycles. The van der Waals surface area contributed by atoms with Gasteiger partial charge in [-0.3, -0.25) is 5.10 Å². The van der Waals surface area contributed by atoms with Gasteiger partial charge in [-0.05, 0) is 32.6 Å². The van der Waals surface area contributed by atoms with Gasteiger partial charge in [-0.1, -0.05) is 13.8 Å². The van der Waals surface area contributed by atoms with Crippen molar-refractivity contribution in [3.8, 4) is 0 Å². The van der Waals surface area contributed by atoms with Crippen molar-refractivity contribution >= 4 is 10.0 Å². The van der Waals surface area contributed by atoms with Crippen molar-refractivity contribution in [2.24, 2.45) is 5.92 Å². The average Bonchev–Trinajstić information content (AvgIpc) is 3.05. The molecule has 0 unspecified atom stereocenters. The lowest BCUT2D eigenvalue weighted by molar-refractivity contribution is 0.399.